The second-order valence-corrected chi connectivity index (χ2v) is 10.1. The molecule has 1 fully saturated rings. The molecule has 5 rings (SSSR count). The Morgan fingerprint density at radius 1 is 1.11 bits per heavy atom. The predicted molar refractivity (Wildman–Crippen MR) is 137 cm³/mol. The molecule has 8 nitrogen and oxygen atoms in total. The third kappa shape index (κ3) is 4.66. The minimum absolute atomic E-state index is 0.247. The largest absolute Gasteiger partial charge is 0.444 e. The van der Waals surface area contributed by atoms with E-state index >= 15 is 0 Å². The molecule has 1 aliphatic rings. The Morgan fingerprint density at radius 2 is 1.89 bits per heavy atom. The molecule has 1 aliphatic heterocycles. The third-order valence-corrected chi connectivity index (χ3v) is 6.22. The molecular formula is C26H27ClN6O2. The van der Waals surface area contributed by atoms with Crippen molar-refractivity contribution >= 4 is 34.7 Å². The van der Waals surface area contributed by atoms with Crippen LogP contribution in [-0.2, 0) is 4.74 Å². The van der Waals surface area contributed by atoms with Crippen LogP contribution in [-0.4, -0.2) is 49.2 Å². The number of nitrogen functional groups attached to an aromatic ring is 1. The molecule has 1 saturated heterocycles. The number of carbonyl (C=O) groups excluding carboxylic acids is 1. The van der Waals surface area contributed by atoms with Gasteiger partial charge in [-0.1, -0.05) is 23.7 Å². The molecule has 4 heterocycles. The van der Waals surface area contributed by atoms with E-state index in [1.807, 2.05) is 55.7 Å². The zero-order chi connectivity index (χ0) is 24.7. The predicted octanol–water partition coefficient (Wildman–Crippen LogP) is 5.44. The summed E-state index contributed by atoms with van der Waals surface area (Å²) in [7, 11) is 0. The molecule has 4 aromatic rings. The van der Waals surface area contributed by atoms with Crippen LogP contribution < -0.4 is 5.73 Å². The number of hydrogen-bond donors (Lipinski definition) is 1. The van der Waals surface area contributed by atoms with Crippen molar-refractivity contribution < 1.29 is 9.53 Å². The molecule has 0 saturated carbocycles. The summed E-state index contributed by atoms with van der Waals surface area (Å²) in [6, 6.07) is 15.5. The molecule has 2 N–H and O–H groups in total. The minimum Gasteiger partial charge on any atom is -0.444 e. The Labute approximate surface area is 208 Å². The van der Waals surface area contributed by atoms with Crippen molar-refractivity contribution in [3.63, 3.8) is 0 Å². The average molecular weight is 491 g/mol. The number of rotatable bonds is 3. The Kier molecular flexibility index (Phi) is 5.84. The summed E-state index contributed by atoms with van der Waals surface area (Å²) in [4.78, 5) is 27.8. The Hall–Kier alpha value is -3.65. The van der Waals surface area contributed by atoms with Crippen LogP contribution >= 0.6 is 11.6 Å². The second kappa shape index (κ2) is 8.85. The van der Waals surface area contributed by atoms with E-state index in [4.69, 9.17) is 27.1 Å². The molecule has 3 aromatic heterocycles. The Bertz CT molecular complexity index is 1390. The van der Waals surface area contributed by atoms with Crippen LogP contribution in [0.25, 0.3) is 28.2 Å². The van der Waals surface area contributed by atoms with Gasteiger partial charge in [-0.25, -0.2) is 19.7 Å². The summed E-state index contributed by atoms with van der Waals surface area (Å²) >= 11 is 6.22. The highest BCUT2D eigenvalue weighted by Gasteiger charge is 2.30. The van der Waals surface area contributed by atoms with Gasteiger partial charge in [0.15, 0.2) is 11.5 Å². The van der Waals surface area contributed by atoms with Gasteiger partial charge in [-0.2, -0.15) is 0 Å². The Morgan fingerprint density at radius 3 is 2.60 bits per heavy atom. The third-order valence-electron chi connectivity index (χ3n) is 6.01. The quantitative estimate of drug-likeness (QED) is 0.384. The molecule has 0 radical (unpaired) electrons. The smallest absolute Gasteiger partial charge is 0.410 e. The van der Waals surface area contributed by atoms with E-state index in [0.717, 1.165) is 23.2 Å². The maximum Gasteiger partial charge on any atom is 0.410 e. The average Bonchev–Trinajstić information content (AvgIpc) is 3.44. The van der Waals surface area contributed by atoms with Crippen molar-refractivity contribution in [1.29, 1.82) is 0 Å². The first kappa shape index (κ1) is 23.1. The SMILES string of the molecule is CC(C)(C)OC(=O)N1CCC(c2ccc(-n3c(-c4cccnc4N)nc4ccc(Cl)nc43)cc2)C1. The summed E-state index contributed by atoms with van der Waals surface area (Å²) in [6.07, 6.45) is 2.28. The number of aromatic nitrogens is 4. The normalized spacial score (nSPS) is 16.1. The molecule has 0 spiro atoms. The maximum atomic E-state index is 12.5. The van der Waals surface area contributed by atoms with Crippen molar-refractivity contribution in [3.8, 4) is 17.1 Å². The lowest BCUT2D eigenvalue weighted by molar-refractivity contribution is 0.0292. The van der Waals surface area contributed by atoms with Gasteiger partial charge in [0, 0.05) is 30.9 Å². The van der Waals surface area contributed by atoms with E-state index in [2.05, 4.69) is 22.1 Å². The number of carbonyl (C=O) groups is 1. The minimum atomic E-state index is -0.503. The lowest BCUT2D eigenvalue weighted by Crippen LogP contribution is -2.35. The van der Waals surface area contributed by atoms with Gasteiger partial charge < -0.3 is 15.4 Å². The molecule has 1 atom stereocenters. The number of pyridine rings is 2. The monoisotopic (exact) mass is 490 g/mol. The van der Waals surface area contributed by atoms with Gasteiger partial charge in [0.25, 0.3) is 0 Å². The van der Waals surface area contributed by atoms with E-state index in [9.17, 15) is 4.79 Å². The van der Waals surface area contributed by atoms with Gasteiger partial charge in [-0.15, -0.1) is 0 Å². The van der Waals surface area contributed by atoms with Crippen molar-refractivity contribution in [2.75, 3.05) is 18.8 Å². The molecule has 1 aromatic carbocycles. The van der Waals surface area contributed by atoms with Crippen LogP contribution in [0.2, 0.25) is 5.15 Å². The number of ether oxygens (including phenoxy) is 1. The van der Waals surface area contributed by atoms with Gasteiger partial charge in [-0.3, -0.25) is 4.57 Å². The number of fused-ring (bicyclic) bond motifs is 1. The molecule has 0 aliphatic carbocycles. The highest BCUT2D eigenvalue weighted by Crippen LogP contribution is 2.33. The molecule has 35 heavy (non-hydrogen) atoms. The van der Waals surface area contributed by atoms with Gasteiger partial charge in [0.1, 0.15) is 22.1 Å². The van der Waals surface area contributed by atoms with Crippen molar-refractivity contribution in [2.24, 2.45) is 0 Å². The first-order valence-corrected chi connectivity index (χ1v) is 11.9. The fraction of sp³-hybridized carbons (Fsp3) is 0.308. The van der Waals surface area contributed by atoms with Crippen LogP contribution in [0, 0.1) is 0 Å². The van der Waals surface area contributed by atoms with Crippen LogP contribution in [0.4, 0.5) is 10.6 Å². The number of anilines is 1. The van der Waals surface area contributed by atoms with Crippen LogP contribution in [0.5, 0.6) is 0 Å². The fourth-order valence-electron chi connectivity index (χ4n) is 4.39. The van der Waals surface area contributed by atoms with Gasteiger partial charge in [0.2, 0.25) is 0 Å². The number of imidazole rings is 1. The lowest BCUT2D eigenvalue weighted by atomic mass is 9.98. The summed E-state index contributed by atoms with van der Waals surface area (Å²) in [5.74, 6) is 1.28. The van der Waals surface area contributed by atoms with Crippen LogP contribution in [0.15, 0.2) is 54.7 Å². The number of likely N-dealkylation sites (tertiary alicyclic amines) is 1. The van der Waals surface area contributed by atoms with Crippen molar-refractivity contribution in [1.82, 2.24) is 24.4 Å². The number of nitrogens with zero attached hydrogens (tertiary/aromatic N) is 5. The number of nitrogens with two attached hydrogens (primary N) is 1. The lowest BCUT2D eigenvalue weighted by Gasteiger charge is -2.24. The zero-order valence-corrected chi connectivity index (χ0v) is 20.7. The number of hydrogen-bond acceptors (Lipinski definition) is 6. The molecule has 180 valence electrons. The molecule has 1 amide bonds. The molecule has 0 bridgehead atoms. The van der Waals surface area contributed by atoms with Crippen LogP contribution in [0.3, 0.4) is 0 Å². The van der Waals surface area contributed by atoms with E-state index in [1.54, 1.807) is 17.2 Å². The summed E-state index contributed by atoms with van der Waals surface area (Å²) in [6.45, 7) is 6.96. The number of halogens is 1. The zero-order valence-electron chi connectivity index (χ0n) is 19.9. The highest BCUT2D eigenvalue weighted by atomic mass is 35.5. The van der Waals surface area contributed by atoms with Gasteiger partial charge >= 0.3 is 6.09 Å². The Balaban J connectivity index is 1.47. The van der Waals surface area contributed by atoms with Gasteiger partial charge in [-0.05, 0) is 69.2 Å². The fourth-order valence-corrected chi connectivity index (χ4v) is 4.53. The molecule has 9 heteroatoms. The highest BCUT2D eigenvalue weighted by molar-refractivity contribution is 6.29. The summed E-state index contributed by atoms with van der Waals surface area (Å²) in [5, 5.41) is 0.383. The first-order valence-electron chi connectivity index (χ1n) is 11.5. The number of benzene rings is 1. The molecular weight excluding hydrogens is 464 g/mol. The standard InChI is InChI=1S/C26H27ClN6O2/c1-26(2,3)35-25(34)32-14-12-17(15-32)16-6-8-18(9-7-16)33-23(19-5-4-13-29-22(19)28)30-20-10-11-21(27)31-24(20)33/h4-11,13,17H,12,14-15H2,1-3H3,(H2,28,29). The molecule has 1 unspecified atom stereocenters. The topological polar surface area (TPSA) is 99.2 Å². The summed E-state index contributed by atoms with van der Waals surface area (Å²) in [5.41, 5.74) is 9.79. The van der Waals surface area contributed by atoms with Crippen molar-refractivity contribution in [3.05, 3.63) is 65.4 Å². The van der Waals surface area contributed by atoms with E-state index in [0.29, 0.717) is 41.0 Å². The van der Waals surface area contributed by atoms with E-state index < -0.39 is 5.60 Å². The van der Waals surface area contributed by atoms with Crippen LogP contribution in [0.1, 0.15) is 38.7 Å². The van der Waals surface area contributed by atoms with E-state index in [-0.39, 0.29) is 12.0 Å². The maximum absolute atomic E-state index is 12.5. The first-order chi connectivity index (χ1) is 16.7. The summed E-state index contributed by atoms with van der Waals surface area (Å²) < 4.78 is 7.48. The van der Waals surface area contributed by atoms with Crippen molar-refractivity contribution in [2.45, 2.75) is 38.7 Å². The number of amides is 1. The van der Waals surface area contributed by atoms with E-state index in [1.165, 1.54) is 0 Å². The van der Waals surface area contributed by atoms with Gasteiger partial charge in [0.05, 0.1) is 5.56 Å². The second-order valence-electron chi connectivity index (χ2n) is 9.69.